The van der Waals surface area contributed by atoms with E-state index >= 15 is 0 Å². The van der Waals surface area contributed by atoms with Gasteiger partial charge >= 0.3 is 0 Å². The molecule has 3 rings (SSSR count). The van der Waals surface area contributed by atoms with E-state index in [1.165, 1.54) is 6.33 Å². The molecule has 0 radical (unpaired) electrons. The number of amides is 2. The first kappa shape index (κ1) is 17.9. The highest BCUT2D eigenvalue weighted by Crippen LogP contribution is 2.19. The van der Waals surface area contributed by atoms with Crippen LogP contribution in [-0.2, 0) is 16.1 Å². The van der Waals surface area contributed by atoms with Gasteiger partial charge < -0.3 is 16.0 Å². The first-order chi connectivity index (χ1) is 12.6. The second-order valence-electron chi connectivity index (χ2n) is 6.38. The highest BCUT2D eigenvalue weighted by molar-refractivity contribution is 5.93. The van der Waals surface area contributed by atoms with Crippen LogP contribution in [0, 0.1) is 18.8 Å². The molecule has 1 saturated heterocycles. The molecule has 1 aliphatic heterocycles. The van der Waals surface area contributed by atoms with Crippen molar-refractivity contribution in [2.24, 2.45) is 11.8 Å². The quantitative estimate of drug-likeness (QED) is 0.728. The van der Waals surface area contributed by atoms with E-state index in [-0.39, 0.29) is 23.7 Å². The van der Waals surface area contributed by atoms with E-state index in [4.69, 9.17) is 0 Å². The summed E-state index contributed by atoms with van der Waals surface area (Å²) in [5.41, 5.74) is 2.30. The van der Waals surface area contributed by atoms with Crippen LogP contribution >= 0.6 is 0 Å². The van der Waals surface area contributed by atoms with E-state index in [9.17, 15) is 9.59 Å². The Balaban J connectivity index is 1.52. The molecule has 2 amide bonds. The Labute approximate surface area is 151 Å². The summed E-state index contributed by atoms with van der Waals surface area (Å²) in [6, 6.07) is 5.42. The fraction of sp³-hybridized carbons (Fsp3) is 0.389. The Morgan fingerprint density at radius 1 is 1.15 bits per heavy atom. The average Bonchev–Trinajstić information content (AvgIpc) is 2.69. The molecular weight excluding hydrogens is 332 g/mol. The van der Waals surface area contributed by atoms with Crippen LogP contribution in [0.3, 0.4) is 0 Å². The number of nitrogens with one attached hydrogen (secondary N) is 3. The third kappa shape index (κ3) is 4.82. The van der Waals surface area contributed by atoms with E-state index in [1.54, 1.807) is 18.5 Å². The van der Waals surface area contributed by atoms with Gasteiger partial charge in [-0.1, -0.05) is 0 Å². The molecule has 2 aromatic heterocycles. The number of piperidine rings is 1. The molecule has 0 aromatic carbocycles. The van der Waals surface area contributed by atoms with Gasteiger partial charge in [0.05, 0.1) is 36.0 Å². The summed E-state index contributed by atoms with van der Waals surface area (Å²) in [6.07, 6.45) is 5.23. The Kier molecular flexibility index (Phi) is 5.85. The first-order valence-corrected chi connectivity index (χ1v) is 8.58. The number of aryl methyl sites for hydroxylation is 1. The summed E-state index contributed by atoms with van der Waals surface area (Å²) in [7, 11) is 0. The average molecular weight is 354 g/mol. The van der Waals surface area contributed by atoms with E-state index in [0.29, 0.717) is 31.7 Å². The van der Waals surface area contributed by atoms with Crippen molar-refractivity contribution in [2.45, 2.75) is 19.9 Å². The summed E-state index contributed by atoms with van der Waals surface area (Å²) in [4.78, 5) is 37.0. The third-order valence-electron chi connectivity index (χ3n) is 4.36. The summed E-state index contributed by atoms with van der Waals surface area (Å²) < 4.78 is 0. The maximum Gasteiger partial charge on any atom is 0.228 e. The predicted octanol–water partition coefficient (Wildman–Crippen LogP) is 0.661. The molecule has 0 unspecified atom stereocenters. The van der Waals surface area contributed by atoms with Crippen LogP contribution in [0.1, 0.15) is 17.8 Å². The van der Waals surface area contributed by atoms with Crippen molar-refractivity contribution in [1.29, 1.82) is 0 Å². The van der Waals surface area contributed by atoms with Gasteiger partial charge in [-0.2, -0.15) is 0 Å². The van der Waals surface area contributed by atoms with Gasteiger partial charge in [-0.05, 0) is 31.5 Å². The van der Waals surface area contributed by atoms with Gasteiger partial charge in [-0.3, -0.25) is 14.6 Å². The minimum absolute atomic E-state index is 0.0781. The van der Waals surface area contributed by atoms with Crippen molar-refractivity contribution in [1.82, 2.24) is 25.6 Å². The molecule has 1 fully saturated rings. The third-order valence-corrected chi connectivity index (χ3v) is 4.36. The van der Waals surface area contributed by atoms with E-state index < -0.39 is 0 Å². The molecule has 0 spiro atoms. The lowest BCUT2D eigenvalue weighted by Gasteiger charge is -2.28. The van der Waals surface area contributed by atoms with Crippen LogP contribution in [-0.4, -0.2) is 39.9 Å². The van der Waals surface area contributed by atoms with Crippen molar-refractivity contribution in [3.05, 3.63) is 48.3 Å². The number of hydrogen-bond donors (Lipinski definition) is 3. The smallest absolute Gasteiger partial charge is 0.228 e. The largest absolute Gasteiger partial charge is 0.350 e. The van der Waals surface area contributed by atoms with Crippen molar-refractivity contribution in [2.75, 3.05) is 18.4 Å². The second-order valence-corrected chi connectivity index (χ2v) is 6.38. The van der Waals surface area contributed by atoms with Gasteiger partial charge in [-0.15, -0.1) is 0 Å². The zero-order valence-corrected chi connectivity index (χ0v) is 14.6. The number of carbonyl (C=O) groups excluding carboxylic acids is 2. The SMILES string of the molecule is Cc1ccc(NC(=O)[C@@H]2CNC[C@H](C(=O)NCc3ccncn3)C2)cn1. The minimum Gasteiger partial charge on any atom is -0.350 e. The standard InChI is InChI=1S/C18H22N6O2/c1-12-2-3-16(10-21-12)24-18(26)14-6-13(7-20-8-14)17(25)22-9-15-4-5-19-11-23-15/h2-5,10-11,13-14,20H,6-9H2,1H3,(H,22,25)(H,24,26)/t13-,14+/m1/s1. The maximum absolute atomic E-state index is 12.5. The molecule has 1 aliphatic rings. The Bertz CT molecular complexity index is 750. The van der Waals surface area contributed by atoms with Gasteiger partial charge in [0.1, 0.15) is 6.33 Å². The number of nitrogens with zero attached hydrogens (tertiary/aromatic N) is 3. The monoisotopic (exact) mass is 354 g/mol. The molecule has 26 heavy (non-hydrogen) atoms. The van der Waals surface area contributed by atoms with Crippen LogP contribution in [0.25, 0.3) is 0 Å². The fourth-order valence-corrected chi connectivity index (χ4v) is 2.87. The molecule has 2 atom stereocenters. The lowest BCUT2D eigenvalue weighted by atomic mass is 9.89. The van der Waals surface area contributed by atoms with Crippen molar-refractivity contribution >= 4 is 17.5 Å². The Morgan fingerprint density at radius 2 is 1.96 bits per heavy atom. The van der Waals surface area contributed by atoms with Crippen molar-refractivity contribution in [3.8, 4) is 0 Å². The van der Waals surface area contributed by atoms with Gasteiger partial charge in [-0.25, -0.2) is 9.97 Å². The van der Waals surface area contributed by atoms with Crippen LogP contribution in [0.15, 0.2) is 36.9 Å². The molecule has 8 nitrogen and oxygen atoms in total. The molecule has 0 bridgehead atoms. The van der Waals surface area contributed by atoms with E-state index in [1.807, 2.05) is 19.1 Å². The Hall–Kier alpha value is -2.87. The van der Waals surface area contributed by atoms with Gasteiger partial charge in [0.15, 0.2) is 0 Å². The van der Waals surface area contributed by atoms with Crippen LogP contribution in [0.4, 0.5) is 5.69 Å². The number of rotatable bonds is 5. The highest BCUT2D eigenvalue weighted by Gasteiger charge is 2.31. The van der Waals surface area contributed by atoms with Gasteiger partial charge in [0.2, 0.25) is 11.8 Å². The lowest BCUT2D eigenvalue weighted by Crippen LogP contribution is -2.47. The Morgan fingerprint density at radius 3 is 2.65 bits per heavy atom. The molecule has 3 heterocycles. The second kappa shape index (κ2) is 8.48. The summed E-state index contributed by atoms with van der Waals surface area (Å²) in [5.74, 6) is -0.695. The highest BCUT2D eigenvalue weighted by atomic mass is 16.2. The first-order valence-electron chi connectivity index (χ1n) is 8.58. The number of pyridine rings is 1. The van der Waals surface area contributed by atoms with Crippen LogP contribution < -0.4 is 16.0 Å². The molecule has 3 N–H and O–H groups in total. The topological polar surface area (TPSA) is 109 Å². The predicted molar refractivity (Wildman–Crippen MR) is 95.9 cm³/mol. The number of aromatic nitrogens is 3. The lowest BCUT2D eigenvalue weighted by molar-refractivity contribution is -0.127. The molecule has 0 saturated carbocycles. The molecule has 136 valence electrons. The maximum atomic E-state index is 12.5. The number of hydrogen-bond acceptors (Lipinski definition) is 6. The molecule has 8 heteroatoms. The number of anilines is 1. The zero-order chi connectivity index (χ0) is 18.4. The van der Waals surface area contributed by atoms with Crippen LogP contribution in [0.2, 0.25) is 0 Å². The summed E-state index contributed by atoms with van der Waals surface area (Å²) in [6.45, 7) is 3.36. The normalized spacial score (nSPS) is 19.6. The van der Waals surface area contributed by atoms with Crippen molar-refractivity contribution in [3.63, 3.8) is 0 Å². The fourth-order valence-electron chi connectivity index (χ4n) is 2.87. The number of carbonyl (C=O) groups is 2. The van der Waals surface area contributed by atoms with Gasteiger partial charge in [0, 0.05) is 25.0 Å². The molecule has 0 aliphatic carbocycles. The minimum atomic E-state index is -0.264. The van der Waals surface area contributed by atoms with Crippen LogP contribution in [0.5, 0.6) is 0 Å². The summed E-state index contributed by atoms with van der Waals surface area (Å²) >= 11 is 0. The molecule has 2 aromatic rings. The zero-order valence-electron chi connectivity index (χ0n) is 14.6. The summed E-state index contributed by atoms with van der Waals surface area (Å²) in [5, 5.41) is 8.92. The molecular formula is C18H22N6O2. The van der Waals surface area contributed by atoms with Gasteiger partial charge in [0.25, 0.3) is 0 Å². The van der Waals surface area contributed by atoms with Crippen molar-refractivity contribution < 1.29 is 9.59 Å². The van der Waals surface area contributed by atoms with E-state index in [2.05, 4.69) is 30.9 Å². The van der Waals surface area contributed by atoms with E-state index in [0.717, 1.165) is 11.4 Å².